The number of nitrogens with one attached hydrogen (secondary N) is 1. The molecule has 1 saturated heterocycles. The maximum Gasteiger partial charge on any atom is 0.490 e. The molecule has 194 valence electrons. The molecular formula is C13H19N6O13P3. The Morgan fingerprint density at radius 1 is 1.31 bits per heavy atom. The topological polar surface area (TPSA) is 305 Å². The molecule has 3 unspecified atom stereocenters. The lowest BCUT2D eigenvalue weighted by atomic mass is 9.91. The fourth-order valence-corrected chi connectivity index (χ4v) is 5.87. The standard InChI is InChI=1S/C13H19N6O13P3/c1-2-3-13(15)8(20)6(4-29-34(25,26)32-35(27,28)31-33(22,23)24)30-11(13)19-5-16-7-9(19)17-12(14)18-10(7)21/h5-6,8,11,20H,4,15H2,1H3,(H,25,26)(H,27,28)(H2,22,23,24)(H3,14,17,18,21)/t6-,8+,11-,13?/m1/s1/i4D2. The van der Waals surface area contributed by atoms with E-state index in [0.29, 0.717) is 0 Å². The van der Waals surface area contributed by atoms with Crippen LogP contribution in [0.3, 0.4) is 0 Å². The molecule has 0 spiro atoms. The van der Waals surface area contributed by atoms with Crippen LogP contribution in [0.5, 0.6) is 0 Å². The summed E-state index contributed by atoms with van der Waals surface area (Å²) in [5.74, 6) is 4.47. The number of anilines is 1. The van der Waals surface area contributed by atoms with E-state index in [2.05, 4.69) is 39.9 Å². The molecule has 1 aliphatic heterocycles. The maximum atomic E-state index is 12.2. The number of aliphatic hydroxyl groups excluding tert-OH is 1. The number of nitrogens with zero attached hydrogens (tertiary/aromatic N) is 3. The highest BCUT2D eigenvalue weighted by molar-refractivity contribution is 7.66. The summed E-state index contributed by atoms with van der Waals surface area (Å²) in [5, 5.41) is 10.8. The summed E-state index contributed by atoms with van der Waals surface area (Å²) >= 11 is 0. The Bertz CT molecular complexity index is 1480. The number of hydrogen-bond donors (Lipinski definition) is 8. The second-order valence-electron chi connectivity index (χ2n) is 6.74. The molecule has 6 atom stereocenters. The van der Waals surface area contributed by atoms with Crippen LogP contribution in [0.1, 0.15) is 15.9 Å². The Labute approximate surface area is 197 Å². The number of H-pyrrole nitrogens is 1. The molecule has 22 heteroatoms. The van der Waals surface area contributed by atoms with Crippen molar-refractivity contribution in [2.45, 2.75) is 30.9 Å². The molecule has 2 aromatic heterocycles. The van der Waals surface area contributed by atoms with Crippen LogP contribution in [0.15, 0.2) is 11.1 Å². The first kappa shape index (κ1) is 24.7. The maximum absolute atomic E-state index is 12.2. The van der Waals surface area contributed by atoms with Gasteiger partial charge in [0.05, 0.1) is 15.6 Å². The van der Waals surface area contributed by atoms with Crippen molar-refractivity contribution in [3.8, 4) is 11.8 Å². The third kappa shape index (κ3) is 6.05. The number of aromatic nitrogens is 4. The summed E-state index contributed by atoms with van der Waals surface area (Å²) in [4.78, 5) is 58.3. The lowest BCUT2D eigenvalue weighted by molar-refractivity contribution is -0.0438. The first-order chi connectivity index (χ1) is 16.7. The van der Waals surface area contributed by atoms with Gasteiger partial charge in [0.15, 0.2) is 22.9 Å². The largest absolute Gasteiger partial charge is 0.490 e. The normalized spacial score (nSPS) is 29.5. The number of nitrogens with two attached hydrogens (primary N) is 2. The fourth-order valence-electron chi connectivity index (χ4n) is 2.99. The summed E-state index contributed by atoms with van der Waals surface area (Å²) in [6.45, 7) is -2.26. The molecule has 0 radical (unpaired) electrons. The van der Waals surface area contributed by atoms with E-state index in [1.807, 2.05) is 0 Å². The first-order valence-electron chi connectivity index (χ1n) is 9.84. The summed E-state index contributed by atoms with van der Waals surface area (Å²) in [7, 11) is -17.7. The molecule has 35 heavy (non-hydrogen) atoms. The molecule has 0 aliphatic carbocycles. The minimum atomic E-state index is -6.01. The zero-order valence-corrected chi connectivity index (χ0v) is 19.8. The Morgan fingerprint density at radius 2 is 1.97 bits per heavy atom. The van der Waals surface area contributed by atoms with Crippen molar-refractivity contribution in [2.75, 3.05) is 12.3 Å². The molecule has 10 N–H and O–H groups in total. The van der Waals surface area contributed by atoms with Gasteiger partial charge in [-0.1, -0.05) is 5.92 Å². The van der Waals surface area contributed by atoms with Crippen molar-refractivity contribution in [3.63, 3.8) is 0 Å². The van der Waals surface area contributed by atoms with E-state index in [4.69, 9.17) is 28.7 Å². The molecule has 1 aliphatic rings. The second kappa shape index (κ2) is 9.47. The van der Waals surface area contributed by atoms with Crippen LogP contribution in [0.25, 0.3) is 11.2 Å². The minimum absolute atomic E-state index is 0.222. The van der Waals surface area contributed by atoms with Gasteiger partial charge in [0.2, 0.25) is 5.95 Å². The Morgan fingerprint density at radius 3 is 2.57 bits per heavy atom. The van der Waals surface area contributed by atoms with Crippen LogP contribution in [0, 0.1) is 11.8 Å². The van der Waals surface area contributed by atoms with Gasteiger partial charge >= 0.3 is 23.5 Å². The van der Waals surface area contributed by atoms with Gasteiger partial charge in [-0.25, -0.2) is 18.7 Å². The summed E-state index contributed by atoms with van der Waals surface area (Å²) in [5.41, 5.74) is 8.32. The number of nitrogen functional groups attached to an aromatic ring is 1. The molecule has 0 bridgehead atoms. The van der Waals surface area contributed by atoms with Gasteiger partial charge in [0, 0.05) is 0 Å². The SMILES string of the molecule is [2H]C([2H])(OP(=O)(O)OP(=O)(O)OP(=O)(O)O)[C@H]1O[C@@H](n2cnc3c(=O)[nH]c(N)nc32)C(N)(C#CC)[C@H]1O. The average Bonchev–Trinajstić information content (AvgIpc) is 3.18. The van der Waals surface area contributed by atoms with E-state index in [1.165, 1.54) is 6.92 Å². The minimum Gasteiger partial charge on any atom is -0.387 e. The highest BCUT2D eigenvalue weighted by Gasteiger charge is 2.55. The predicted molar refractivity (Wildman–Crippen MR) is 113 cm³/mol. The van der Waals surface area contributed by atoms with E-state index in [1.54, 1.807) is 0 Å². The van der Waals surface area contributed by atoms with E-state index in [-0.39, 0.29) is 17.1 Å². The van der Waals surface area contributed by atoms with Crippen molar-refractivity contribution in [1.82, 2.24) is 19.5 Å². The number of ether oxygens (including phenoxy) is 1. The third-order valence-electron chi connectivity index (χ3n) is 4.21. The lowest BCUT2D eigenvalue weighted by Crippen LogP contribution is -2.53. The van der Waals surface area contributed by atoms with Crippen LogP contribution >= 0.6 is 23.5 Å². The van der Waals surface area contributed by atoms with Gasteiger partial charge in [0.25, 0.3) is 5.56 Å². The number of phosphoric acid groups is 3. The van der Waals surface area contributed by atoms with Gasteiger partial charge in [0.1, 0.15) is 12.2 Å². The van der Waals surface area contributed by atoms with Crippen molar-refractivity contribution < 1.29 is 59.0 Å². The first-order valence-corrected chi connectivity index (χ1v) is 13.4. The molecule has 0 aromatic carbocycles. The smallest absolute Gasteiger partial charge is 0.387 e. The molecule has 0 saturated carbocycles. The highest BCUT2D eigenvalue weighted by atomic mass is 31.3. The van der Waals surface area contributed by atoms with Gasteiger partial charge in [-0.3, -0.25) is 18.9 Å². The van der Waals surface area contributed by atoms with E-state index >= 15 is 0 Å². The summed E-state index contributed by atoms with van der Waals surface area (Å²) in [6.07, 6.45) is -5.14. The Balaban J connectivity index is 1.99. The molecule has 19 nitrogen and oxygen atoms in total. The number of aliphatic hydroxyl groups is 1. The molecule has 3 rings (SSSR count). The van der Waals surface area contributed by atoms with Gasteiger partial charge < -0.3 is 40.9 Å². The number of imidazole rings is 1. The third-order valence-corrected chi connectivity index (χ3v) is 7.87. The van der Waals surface area contributed by atoms with E-state index in [9.17, 15) is 33.4 Å². The van der Waals surface area contributed by atoms with Crippen LogP contribution < -0.4 is 17.0 Å². The van der Waals surface area contributed by atoms with Crippen molar-refractivity contribution in [3.05, 3.63) is 16.7 Å². The number of aromatic amines is 1. The number of fused-ring (bicyclic) bond motifs is 1. The molecule has 1 fully saturated rings. The lowest BCUT2D eigenvalue weighted by Gasteiger charge is -2.27. The number of rotatable bonds is 8. The summed E-state index contributed by atoms with van der Waals surface area (Å²) < 4.78 is 68.3. The molecular weight excluding hydrogens is 541 g/mol. The molecule has 2 aromatic rings. The van der Waals surface area contributed by atoms with Gasteiger partial charge in [-0.15, -0.1) is 5.92 Å². The average molecular weight is 562 g/mol. The van der Waals surface area contributed by atoms with Crippen LogP contribution in [0.4, 0.5) is 5.95 Å². The van der Waals surface area contributed by atoms with Gasteiger partial charge in [-0.2, -0.15) is 13.6 Å². The van der Waals surface area contributed by atoms with Crippen molar-refractivity contribution in [1.29, 1.82) is 0 Å². The monoisotopic (exact) mass is 562 g/mol. The van der Waals surface area contributed by atoms with E-state index < -0.39 is 59.6 Å². The second-order valence-corrected chi connectivity index (χ2v) is 11.1. The molecule has 3 heterocycles. The Hall–Kier alpha value is -2.00. The highest BCUT2D eigenvalue weighted by Crippen LogP contribution is 2.66. The van der Waals surface area contributed by atoms with Crippen LogP contribution in [-0.2, 0) is 31.6 Å². The zero-order valence-electron chi connectivity index (χ0n) is 19.1. The quantitative estimate of drug-likeness (QED) is 0.128. The number of phosphoric ester groups is 1. The number of hydrogen-bond acceptors (Lipinski definition) is 13. The summed E-state index contributed by atoms with van der Waals surface area (Å²) in [6, 6.07) is 0. The predicted octanol–water partition coefficient (Wildman–Crippen LogP) is -1.98. The van der Waals surface area contributed by atoms with Gasteiger partial charge in [-0.05, 0) is 6.92 Å². The van der Waals surface area contributed by atoms with E-state index in [0.717, 1.165) is 10.9 Å². The van der Waals surface area contributed by atoms with Crippen LogP contribution in [-0.4, -0.2) is 68.5 Å². The van der Waals surface area contributed by atoms with Crippen molar-refractivity contribution in [2.24, 2.45) is 5.73 Å². The fraction of sp³-hybridized carbons (Fsp3) is 0.462. The molecule has 0 amide bonds. The Kier molecular flexibility index (Phi) is 6.68. The van der Waals surface area contributed by atoms with Crippen LogP contribution in [0.2, 0.25) is 0 Å². The zero-order chi connectivity index (χ0) is 28.2. The van der Waals surface area contributed by atoms with Crippen molar-refractivity contribution >= 4 is 40.6 Å².